The molecule has 1 N–H and O–H groups in total. The van der Waals surface area contributed by atoms with Crippen molar-refractivity contribution in [3.05, 3.63) is 39.7 Å². The van der Waals surface area contributed by atoms with Gasteiger partial charge in [0.05, 0.1) is 12.2 Å². The molecule has 0 aliphatic carbocycles. The number of pyridine rings is 1. The molecule has 35 heavy (non-hydrogen) atoms. The second-order valence-electron chi connectivity index (χ2n) is 11.1. The minimum atomic E-state index is 0.296. The lowest BCUT2D eigenvalue weighted by molar-refractivity contribution is -0.119. The van der Waals surface area contributed by atoms with Crippen LogP contribution in [-0.2, 0) is 4.79 Å². The highest BCUT2D eigenvalue weighted by Crippen LogP contribution is 2.50. The maximum absolute atomic E-state index is 11.8. The molecule has 7 heteroatoms. The lowest BCUT2D eigenvalue weighted by Crippen LogP contribution is -2.44. The number of Topliss-reactive ketones (excluding diaryl/α,β-unsaturated/α-hetero) is 1. The Morgan fingerprint density at radius 3 is 2.51 bits per heavy atom. The Morgan fingerprint density at radius 1 is 1.14 bits per heavy atom. The number of fused-ring (bicyclic) bond motifs is 4. The molecule has 184 valence electrons. The van der Waals surface area contributed by atoms with Crippen molar-refractivity contribution < 1.29 is 4.79 Å². The highest BCUT2D eigenvalue weighted by Gasteiger charge is 2.42. The zero-order valence-corrected chi connectivity index (χ0v) is 22.4. The molecule has 2 saturated heterocycles. The maximum atomic E-state index is 11.8. The first kappa shape index (κ1) is 22.9. The van der Waals surface area contributed by atoms with Gasteiger partial charge in [0, 0.05) is 34.1 Å². The summed E-state index contributed by atoms with van der Waals surface area (Å²) < 4.78 is 1.90. The molecule has 0 amide bonds. The van der Waals surface area contributed by atoms with E-state index in [0.717, 1.165) is 5.65 Å². The Morgan fingerprint density at radius 2 is 1.86 bits per heavy atom. The van der Waals surface area contributed by atoms with Crippen LogP contribution in [0.3, 0.4) is 0 Å². The summed E-state index contributed by atoms with van der Waals surface area (Å²) >= 11 is 1.96. The van der Waals surface area contributed by atoms with Crippen molar-refractivity contribution in [2.45, 2.75) is 91.1 Å². The summed E-state index contributed by atoms with van der Waals surface area (Å²) in [5.74, 6) is 1.30. The van der Waals surface area contributed by atoms with Crippen LogP contribution < -0.4 is 0 Å². The van der Waals surface area contributed by atoms with Crippen LogP contribution in [0.15, 0.2) is 12.5 Å². The van der Waals surface area contributed by atoms with Gasteiger partial charge in [0.15, 0.2) is 5.65 Å². The molecule has 0 spiro atoms. The normalized spacial score (nSPS) is 22.8. The SMILES string of the molecule is CC(=O)CN1C2CC[C@@H]1CC(c1sc3[nH]c(-c4cn5ncnc5c(C)c4C)c(C(C)C)c3c1C)C2. The molecule has 0 aromatic carbocycles. The van der Waals surface area contributed by atoms with Gasteiger partial charge < -0.3 is 4.98 Å². The minimum Gasteiger partial charge on any atom is -0.346 e. The summed E-state index contributed by atoms with van der Waals surface area (Å²) in [5, 5.41) is 5.85. The largest absolute Gasteiger partial charge is 0.346 e. The third kappa shape index (κ3) is 3.50. The quantitative estimate of drug-likeness (QED) is 0.358. The zero-order chi connectivity index (χ0) is 24.6. The van der Waals surface area contributed by atoms with Crippen molar-refractivity contribution in [3.8, 4) is 11.3 Å². The number of nitrogens with zero attached hydrogens (tertiary/aromatic N) is 4. The van der Waals surface area contributed by atoms with Crippen LogP contribution in [0.4, 0.5) is 0 Å². The molecule has 6 nitrogen and oxygen atoms in total. The van der Waals surface area contributed by atoms with Crippen LogP contribution >= 0.6 is 11.3 Å². The van der Waals surface area contributed by atoms with Gasteiger partial charge in [-0.3, -0.25) is 9.69 Å². The molecule has 0 radical (unpaired) electrons. The molecule has 4 aromatic heterocycles. The number of rotatable bonds is 5. The Hall–Kier alpha value is -2.51. The van der Waals surface area contributed by atoms with Gasteiger partial charge in [0.2, 0.25) is 0 Å². The third-order valence-corrected chi connectivity index (χ3v) is 9.96. The average molecular weight is 490 g/mol. The summed E-state index contributed by atoms with van der Waals surface area (Å²) in [6, 6.07) is 1.12. The third-order valence-electron chi connectivity index (χ3n) is 8.59. The minimum absolute atomic E-state index is 0.296. The van der Waals surface area contributed by atoms with Gasteiger partial charge in [-0.05, 0) is 87.5 Å². The van der Waals surface area contributed by atoms with Crippen LogP contribution in [0.2, 0.25) is 0 Å². The number of aryl methyl sites for hydroxylation is 2. The van der Waals surface area contributed by atoms with Gasteiger partial charge in [0.25, 0.3) is 0 Å². The Labute approximate surface area is 210 Å². The summed E-state index contributed by atoms with van der Waals surface area (Å²) in [6.45, 7) is 13.6. The molecular weight excluding hydrogens is 454 g/mol. The highest BCUT2D eigenvalue weighted by molar-refractivity contribution is 7.19. The Balaban J connectivity index is 1.43. The van der Waals surface area contributed by atoms with E-state index in [9.17, 15) is 4.79 Å². The molecular formula is C28H35N5OS. The molecule has 0 saturated carbocycles. The van der Waals surface area contributed by atoms with E-state index in [-0.39, 0.29) is 0 Å². The van der Waals surface area contributed by atoms with Crippen LogP contribution in [0, 0.1) is 20.8 Å². The van der Waals surface area contributed by atoms with E-state index in [0.29, 0.717) is 36.2 Å². The number of carbonyl (C=O) groups is 1. The number of H-pyrrole nitrogens is 1. The van der Waals surface area contributed by atoms with Gasteiger partial charge in [-0.25, -0.2) is 9.50 Å². The standard InChI is InChI=1S/C28H35N5OS/c1-14(2)23-24-18(6)26(19-9-20-7-8-21(10-19)32(20)11-15(3)34)35-28(24)31-25(23)22-12-33-27(29-13-30-33)17(5)16(22)4/h12-14,19-21,31H,7-11H2,1-6H3/t19?,20-,21?/m1/s1. The number of aromatic amines is 1. The number of thiophene rings is 1. The molecule has 2 fully saturated rings. The zero-order valence-electron chi connectivity index (χ0n) is 21.6. The topological polar surface area (TPSA) is 66.3 Å². The lowest BCUT2D eigenvalue weighted by Gasteiger charge is -2.38. The van der Waals surface area contributed by atoms with Crippen molar-refractivity contribution >= 4 is 33.0 Å². The molecule has 2 bridgehead atoms. The molecule has 2 unspecified atom stereocenters. The number of hydrogen-bond donors (Lipinski definition) is 1. The number of aromatic nitrogens is 4. The molecule has 2 aliphatic heterocycles. The molecule has 3 atom stereocenters. The fraction of sp³-hybridized carbons (Fsp3) is 0.536. The van der Waals surface area contributed by atoms with E-state index in [1.165, 1.54) is 69.4 Å². The predicted octanol–water partition coefficient (Wildman–Crippen LogP) is 6.29. The Bertz CT molecular complexity index is 1440. The van der Waals surface area contributed by atoms with E-state index in [1.807, 2.05) is 15.9 Å². The number of hydrogen-bond acceptors (Lipinski definition) is 5. The number of piperidine rings is 1. The molecule has 6 heterocycles. The first-order valence-corrected chi connectivity index (χ1v) is 13.8. The first-order chi connectivity index (χ1) is 16.7. The maximum Gasteiger partial charge on any atom is 0.158 e. The van der Waals surface area contributed by atoms with Gasteiger partial charge in [0.1, 0.15) is 16.9 Å². The van der Waals surface area contributed by atoms with Crippen molar-refractivity contribution in [2.24, 2.45) is 0 Å². The van der Waals surface area contributed by atoms with Gasteiger partial charge >= 0.3 is 0 Å². The summed E-state index contributed by atoms with van der Waals surface area (Å²) in [7, 11) is 0. The van der Waals surface area contributed by atoms with Crippen LogP contribution in [0.1, 0.15) is 85.4 Å². The number of carbonyl (C=O) groups excluding carboxylic acids is 1. The second kappa shape index (κ2) is 8.27. The molecule has 6 rings (SSSR count). The van der Waals surface area contributed by atoms with E-state index in [2.05, 4.69) is 60.8 Å². The van der Waals surface area contributed by atoms with Crippen molar-refractivity contribution in [2.75, 3.05) is 6.54 Å². The van der Waals surface area contributed by atoms with Crippen LogP contribution in [0.25, 0.3) is 27.1 Å². The lowest BCUT2D eigenvalue weighted by atomic mass is 9.86. The monoisotopic (exact) mass is 489 g/mol. The molecule has 4 aromatic rings. The smallest absolute Gasteiger partial charge is 0.158 e. The number of nitrogens with one attached hydrogen (secondary N) is 1. The summed E-state index contributed by atoms with van der Waals surface area (Å²) in [5.41, 5.74) is 8.67. The van der Waals surface area contributed by atoms with E-state index in [1.54, 1.807) is 18.1 Å². The van der Waals surface area contributed by atoms with Gasteiger partial charge in [-0.2, -0.15) is 5.10 Å². The van der Waals surface area contributed by atoms with Crippen molar-refractivity contribution in [3.63, 3.8) is 0 Å². The van der Waals surface area contributed by atoms with Crippen LogP contribution in [0.5, 0.6) is 0 Å². The fourth-order valence-electron chi connectivity index (χ4n) is 6.89. The first-order valence-electron chi connectivity index (χ1n) is 12.9. The van der Waals surface area contributed by atoms with Crippen LogP contribution in [-0.4, -0.2) is 48.9 Å². The predicted molar refractivity (Wildman–Crippen MR) is 143 cm³/mol. The van der Waals surface area contributed by atoms with E-state index < -0.39 is 0 Å². The Kier molecular flexibility index (Phi) is 5.42. The number of ketones is 1. The highest BCUT2D eigenvalue weighted by atomic mass is 32.1. The van der Waals surface area contributed by atoms with E-state index in [4.69, 9.17) is 0 Å². The fourth-order valence-corrected chi connectivity index (χ4v) is 8.24. The average Bonchev–Trinajstić information content (AvgIpc) is 3.53. The van der Waals surface area contributed by atoms with Gasteiger partial charge in [-0.1, -0.05) is 13.8 Å². The molecule has 2 aliphatic rings. The van der Waals surface area contributed by atoms with E-state index >= 15 is 0 Å². The summed E-state index contributed by atoms with van der Waals surface area (Å²) in [4.78, 5) is 25.5. The van der Waals surface area contributed by atoms with Crippen molar-refractivity contribution in [1.82, 2.24) is 24.5 Å². The van der Waals surface area contributed by atoms with Crippen molar-refractivity contribution in [1.29, 1.82) is 0 Å². The van der Waals surface area contributed by atoms with Gasteiger partial charge in [-0.15, -0.1) is 11.3 Å². The second-order valence-corrected chi connectivity index (χ2v) is 12.2. The summed E-state index contributed by atoms with van der Waals surface area (Å²) in [6.07, 6.45) is 8.60.